The molecule has 0 aliphatic rings. The molecule has 0 atom stereocenters. The molecule has 0 saturated heterocycles. The SMILES string of the molecule is C/C(=N/O)c1cc(C)ccc1OCc1cccc(F)c1Cl. The molecule has 2 aromatic rings. The van der Waals surface area contributed by atoms with Gasteiger partial charge >= 0.3 is 0 Å². The molecule has 0 unspecified atom stereocenters. The second-order valence-electron chi connectivity index (χ2n) is 4.69. The smallest absolute Gasteiger partial charge is 0.142 e. The standard InChI is InChI=1S/C16H15ClFNO2/c1-10-6-7-15(13(8-10)11(2)19-20)21-9-12-4-3-5-14(18)16(12)17/h3-8,20H,9H2,1-2H3/b19-11-. The molecular weight excluding hydrogens is 293 g/mol. The van der Waals surface area contributed by atoms with Gasteiger partial charge in [-0.15, -0.1) is 0 Å². The van der Waals surface area contributed by atoms with Crippen molar-refractivity contribution < 1.29 is 14.3 Å². The lowest BCUT2D eigenvalue weighted by molar-refractivity contribution is 0.303. The zero-order valence-corrected chi connectivity index (χ0v) is 12.5. The highest BCUT2D eigenvalue weighted by atomic mass is 35.5. The molecule has 3 nitrogen and oxygen atoms in total. The average Bonchev–Trinajstić information content (AvgIpc) is 2.49. The lowest BCUT2D eigenvalue weighted by Gasteiger charge is -2.12. The van der Waals surface area contributed by atoms with Crippen molar-refractivity contribution in [2.75, 3.05) is 0 Å². The molecule has 0 amide bonds. The zero-order chi connectivity index (χ0) is 15.4. The van der Waals surface area contributed by atoms with Crippen LogP contribution in [0.15, 0.2) is 41.6 Å². The molecule has 2 aromatic carbocycles. The van der Waals surface area contributed by atoms with E-state index in [4.69, 9.17) is 21.5 Å². The van der Waals surface area contributed by atoms with E-state index in [2.05, 4.69) is 5.16 Å². The van der Waals surface area contributed by atoms with Gasteiger partial charge in [-0.25, -0.2) is 4.39 Å². The average molecular weight is 308 g/mol. The topological polar surface area (TPSA) is 41.8 Å². The van der Waals surface area contributed by atoms with E-state index in [0.717, 1.165) is 5.56 Å². The number of oxime groups is 1. The summed E-state index contributed by atoms with van der Waals surface area (Å²) in [6.45, 7) is 3.74. The van der Waals surface area contributed by atoms with Crippen LogP contribution < -0.4 is 4.74 Å². The first-order valence-corrected chi connectivity index (χ1v) is 6.76. The van der Waals surface area contributed by atoms with Gasteiger partial charge in [-0.2, -0.15) is 0 Å². The van der Waals surface area contributed by atoms with Crippen molar-refractivity contribution in [2.24, 2.45) is 5.16 Å². The van der Waals surface area contributed by atoms with Gasteiger partial charge in [0.1, 0.15) is 18.2 Å². The Kier molecular flexibility index (Phi) is 4.81. The number of nitrogens with zero attached hydrogens (tertiary/aromatic N) is 1. The van der Waals surface area contributed by atoms with Gasteiger partial charge in [0.25, 0.3) is 0 Å². The first kappa shape index (κ1) is 15.3. The Hall–Kier alpha value is -2.07. The minimum absolute atomic E-state index is 0.0544. The predicted molar refractivity (Wildman–Crippen MR) is 80.9 cm³/mol. The predicted octanol–water partition coefficient (Wildman–Crippen LogP) is 4.56. The van der Waals surface area contributed by atoms with E-state index in [9.17, 15) is 4.39 Å². The molecule has 2 rings (SSSR count). The zero-order valence-electron chi connectivity index (χ0n) is 11.7. The van der Waals surface area contributed by atoms with Crippen LogP contribution in [0.25, 0.3) is 0 Å². The maximum Gasteiger partial charge on any atom is 0.142 e. The Balaban J connectivity index is 2.26. The molecule has 1 N–H and O–H groups in total. The van der Waals surface area contributed by atoms with Crippen LogP contribution in [0.3, 0.4) is 0 Å². The van der Waals surface area contributed by atoms with Crippen LogP contribution in [0.5, 0.6) is 5.75 Å². The van der Waals surface area contributed by atoms with Gasteiger partial charge in [0.2, 0.25) is 0 Å². The molecule has 0 spiro atoms. The van der Waals surface area contributed by atoms with E-state index in [1.165, 1.54) is 6.07 Å². The van der Waals surface area contributed by atoms with Crippen molar-refractivity contribution in [1.29, 1.82) is 0 Å². The summed E-state index contributed by atoms with van der Waals surface area (Å²) in [7, 11) is 0. The molecule has 21 heavy (non-hydrogen) atoms. The van der Waals surface area contributed by atoms with Crippen LogP contribution in [0.2, 0.25) is 5.02 Å². The van der Waals surface area contributed by atoms with Gasteiger partial charge in [0.05, 0.1) is 10.7 Å². The van der Waals surface area contributed by atoms with Crippen molar-refractivity contribution in [3.05, 3.63) is 63.9 Å². The maximum absolute atomic E-state index is 13.4. The van der Waals surface area contributed by atoms with Crippen molar-refractivity contribution in [2.45, 2.75) is 20.5 Å². The molecule has 0 fully saturated rings. The summed E-state index contributed by atoms with van der Waals surface area (Å²) in [4.78, 5) is 0. The first-order valence-electron chi connectivity index (χ1n) is 6.38. The molecule has 0 aromatic heterocycles. The van der Waals surface area contributed by atoms with Gasteiger partial charge in [-0.3, -0.25) is 0 Å². The van der Waals surface area contributed by atoms with Crippen LogP contribution in [-0.4, -0.2) is 10.9 Å². The van der Waals surface area contributed by atoms with Crippen LogP contribution in [0.1, 0.15) is 23.6 Å². The van der Waals surface area contributed by atoms with Gasteiger partial charge in [-0.1, -0.05) is 40.5 Å². The van der Waals surface area contributed by atoms with E-state index in [1.807, 2.05) is 19.1 Å². The van der Waals surface area contributed by atoms with Crippen LogP contribution in [-0.2, 0) is 6.61 Å². The van der Waals surface area contributed by atoms with Crippen molar-refractivity contribution in [3.63, 3.8) is 0 Å². The summed E-state index contributed by atoms with van der Waals surface area (Å²) in [6.07, 6.45) is 0. The fourth-order valence-electron chi connectivity index (χ4n) is 1.92. The lowest BCUT2D eigenvalue weighted by atomic mass is 10.1. The normalized spacial score (nSPS) is 11.5. The van der Waals surface area contributed by atoms with Gasteiger partial charge in [0, 0.05) is 11.1 Å². The third-order valence-electron chi connectivity index (χ3n) is 3.09. The Labute approximate surface area is 127 Å². The number of hydrogen-bond acceptors (Lipinski definition) is 3. The number of ether oxygens (including phenoxy) is 1. The second kappa shape index (κ2) is 6.59. The van der Waals surface area contributed by atoms with Crippen LogP contribution in [0, 0.1) is 12.7 Å². The summed E-state index contributed by atoms with van der Waals surface area (Å²) in [5.41, 5.74) is 2.70. The summed E-state index contributed by atoms with van der Waals surface area (Å²) >= 11 is 5.90. The molecule has 0 radical (unpaired) electrons. The van der Waals surface area contributed by atoms with Crippen LogP contribution >= 0.6 is 11.6 Å². The van der Waals surface area contributed by atoms with E-state index < -0.39 is 5.82 Å². The summed E-state index contributed by atoms with van der Waals surface area (Å²) in [5.74, 6) is 0.0752. The molecule has 110 valence electrons. The number of benzene rings is 2. The quantitative estimate of drug-likeness (QED) is 0.511. The summed E-state index contributed by atoms with van der Waals surface area (Å²) < 4.78 is 19.1. The van der Waals surface area contributed by atoms with Crippen molar-refractivity contribution in [3.8, 4) is 5.75 Å². The Bertz CT molecular complexity index is 686. The minimum Gasteiger partial charge on any atom is -0.488 e. The summed E-state index contributed by atoms with van der Waals surface area (Å²) in [6, 6.07) is 10.1. The minimum atomic E-state index is -0.477. The number of rotatable bonds is 4. The molecule has 0 bridgehead atoms. The fourth-order valence-corrected chi connectivity index (χ4v) is 2.10. The highest BCUT2D eigenvalue weighted by Crippen LogP contribution is 2.25. The monoisotopic (exact) mass is 307 g/mol. The van der Waals surface area contributed by atoms with Crippen molar-refractivity contribution in [1.82, 2.24) is 0 Å². The number of hydrogen-bond donors (Lipinski definition) is 1. The first-order chi connectivity index (χ1) is 10.0. The highest BCUT2D eigenvalue weighted by Gasteiger charge is 2.10. The lowest BCUT2D eigenvalue weighted by Crippen LogP contribution is -2.04. The molecule has 0 saturated carbocycles. The molecular formula is C16H15ClFNO2. The maximum atomic E-state index is 13.4. The van der Waals surface area contributed by atoms with Gasteiger partial charge in [-0.05, 0) is 32.0 Å². The molecule has 0 aliphatic heterocycles. The van der Waals surface area contributed by atoms with Crippen molar-refractivity contribution >= 4 is 17.3 Å². The number of aryl methyl sites for hydroxylation is 1. The van der Waals surface area contributed by atoms with E-state index in [1.54, 1.807) is 25.1 Å². The largest absolute Gasteiger partial charge is 0.488 e. The molecule has 5 heteroatoms. The van der Waals surface area contributed by atoms with Gasteiger partial charge in [0.15, 0.2) is 0 Å². The van der Waals surface area contributed by atoms with E-state index in [-0.39, 0.29) is 11.6 Å². The Morgan fingerprint density at radius 3 is 2.81 bits per heavy atom. The molecule has 0 heterocycles. The molecule has 0 aliphatic carbocycles. The fraction of sp³-hybridized carbons (Fsp3) is 0.188. The van der Waals surface area contributed by atoms with Crippen LogP contribution in [0.4, 0.5) is 4.39 Å². The summed E-state index contributed by atoms with van der Waals surface area (Å²) in [5, 5.41) is 12.2. The Morgan fingerprint density at radius 2 is 2.10 bits per heavy atom. The third kappa shape index (κ3) is 3.52. The van der Waals surface area contributed by atoms with Gasteiger partial charge < -0.3 is 9.94 Å². The third-order valence-corrected chi connectivity index (χ3v) is 3.51. The Morgan fingerprint density at radius 1 is 1.33 bits per heavy atom. The highest BCUT2D eigenvalue weighted by molar-refractivity contribution is 6.31. The second-order valence-corrected chi connectivity index (χ2v) is 5.06. The number of halogens is 2. The van der Waals surface area contributed by atoms with E-state index in [0.29, 0.717) is 22.6 Å². The van der Waals surface area contributed by atoms with E-state index >= 15 is 0 Å².